The van der Waals surface area contributed by atoms with E-state index in [-0.39, 0.29) is 0 Å². The van der Waals surface area contributed by atoms with Crippen LogP contribution in [0, 0.1) is 0 Å². The fourth-order valence-electron chi connectivity index (χ4n) is 2.63. The molecular formula is C16H21N3O2. The maximum Gasteiger partial charge on any atom is 0.240 e. The van der Waals surface area contributed by atoms with Crippen LogP contribution < -0.4 is 5.32 Å². The van der Waals surface area contributed by atoms with Crippen LogP contribution in [0.5, 0.6) is 0 Å². The molecule has 2 atom stereocenters. The second-order valence-corrected chi connectivity index (χ2v) is 5.55. The fourth-order valence-corrected chi connectivity index (χ4v) is 2.63. The number of rotatable bonds is 5. The molecule has 0 saturated carbocycles. The van der Waals surface area contributed by atoms with E-state index in [9.17, 15) is 0 Å². The Labute approximate surface area is 124 Å². The molecule has 1 saturated heterocycles. The molecule has 1 N–H and O–H groups in total. The first-order valence-electron chi connectivity index (χ1n) is 7.50. The summed E-state index contributed by atoms with van der Waals surface area (Å²) in [5.74, 6) is 1.39. The Morgan fingerprint density at radius 3 is 2.95 bits per heavy atom. The van der Waals surface area contributed by atoms with Crippen LogP contribution in [0.25, 0.3) is 0 Å². The van der Waals surface area contributed by atoms with Gasteiger partial charge in [-0.3, -0.25) is 0 Å². The van der Waals surface area contributed by atoms with Crippen molar-refractivity contribution in [3.05, 3.63) is 47.6 Å². The van der Waals surface area contributed by atoms with Crippen LogP contribution in [-0.2, 0) is 17.7 Å². The van der Waals surface area contributed by atoms with Crippen molar-refractivity contribution in [2.75, 3.05) is 6.61 Å². The lowest BCUT2D eigenvalue weighted by Crippen LogP contribution is -2.37. The first kappa shape index (κ1) is 14.2. The van der Waals surface area contributed by atoms with Gasteiger partial charge in [0.25, 0.3) is 0 Å². The predicted octanol–water partition coefficient (Wildman–Crippen LogP) is 2.32. The first-order chi connectivity index (χ1) is 10.3. The third kappa shape index (κ3) is 4.12. The third-order valence-corrected chi connectivity index (χ3v) is 3.74. The smallest absolute Gasteiger partial charge is 0.240 e. The summed E-state index contributed by atoms with van der Waals surface area (Å²) < 4.78 is 10.8. The topological polar surface area (TPSA) is 60.2 Å². The molecule has 3 rings (SSSR count). The summed E-state index contributed by atoms with van der Waals surface area (Å²) in [5, 5.41) is 7.51. The number of nitrogens with one attached hydrogen (secondary N) is 1. The van der Waals surface area contributed by atoms with Crippen LogP contribution in [0.4, 0.5) is 0 Å². The molecule has 1 aromatic carbocycles. The van der Waals surface area contributed by atoms with Crippen molar-refractivity contribution in [1.29, 1.82) is 0 Å². The highest BCUT2D eigenvalue weighted by Crippen LogP contribution is 2.14. The zero-order chi connectivity index (χ0) is 14.5. The molecule has 0 aliphatic carbocycles. The van der Waals surface area contributed by atoms with E-state index in [0.29, 0.717) is 31.0 Å². The molecule has 112 valence electrons. The fraction of sp³-hybridized carbons (Fsp3) is 0.500. The second kappa shape index (κ2) is 6.83. The summed E-state index contributed by atoms with van der Waals surface area (Å²) >= 11 is 0. The maximum absolute atomic E-state index is 5.54. The van der Waals surface area contributed by atoms with E-state index in [1.165, 1.54) is 5.56 Å². The average Bonchev–Trinajstić information content (AvgIpc) is 2.94. The molecule has 0 amide bonds. The Morgan fingerprint density at radius 1 is 1.29 bits per heavy atom. The molecular weight excluding hydrogens is 266 g/mol. The van der Waals surface area contributed by atoms with Gasteiger partial charge in [0.15, 0.2) is 5.82 Å². The van der Waals surface area contributed by atoms with Crippen molar-refractivity contribution in [3.63, 3.8) is 0 Å². The summed E-state index contributed by atoms with van der Waals surface area (Å²) in [6, 6.07) is 10.6. The van der Waals surface area contributed by atoms with Crippen LogP contribution >= 0.6 is 0 Å². The lowest BCUT2D eigenvalue weighted by atomic mass is 10.0. The van der Waals surface area contributed by atoms with E-state index in [4.69, 9.17) is 9.26 Å². The summed E-state index contributed by atoms with van der Waals surface area (Å²) in [5.41, 5.74) is 1.19. The van der Waals surface area contributed by atoms with Gasteiger partial charge < -0.3 is 14.6 Å². The summed E-state index contributed by atoms with van der Waals surface area (Å²) in [7, 11) is 0. The highest BCUT2D eigenvalue weighted by molar-refractivity contribution is 5.18. The lowest BCUT2D eigenvalue weighted by Gasteiger charge is -2.27. The van der Waals surface area contributed by atoms with Crippen molar-refractivity contribution in [3.8, 4) is 0 Å². The standard InChI is InChI=1S/C16H21N3O2/c1-12-9-14(7-8-20-12)17-11-16-18-15(19-21-16)10-13-5-3-2-4-6-13/h2-6,12,14,17H,7-11H2,1H3. The molecule has 1 fully saturated rings. The number of benzene rings is 1. The maximum atomic E-state index is 5.54. The summed E-state index contributed by atoms with van der Waals surface area (Å²) in [6.07, 6.45) is 3.10. The molecule has 0 radical (unpaired) electrons. The minimum atomic E-state index is 0.326. The molecule has 0 bridgehead atoms. The van der Waals surface area contributed by atoms with Gasteiger partial charge in [0, 0.05) is 19.1 Å². The normalized spacial score (nSPS) is 22.3. The zero-order valence-corrected chi connectivity index (χ0v) is 12.3. The molecule has 0 spiro atoms. The van der Waals surface area contributed by atoms with Crippen LogP contribution in [0.1, 0.15) is 37.0 Å². The van der Waals surface area contributed by atoms with Crippen LogP contribution in [0.15, 0.2) is 34.9 Å². The van der Waals surface area contributed by atoms with Gasteiger partial charge in [-0.15, -0.1) is 0 Å². The molecule has 1 aromatic heterocycles. The Morgan fingerprint density at radius 2 is 2.14 bits per heavy atom. The molecule has 21 heavy (non-hydrogen) atoms. The Balaban J connectivity index is 1.51. The summed E-state index contributed by atoms with van der Waals surface area (Å²) in [4.78, 5) is 4.44. The van der Waals surface area contributed by atoms with E-state index < -0.39 is 0 Å². The molecule has 2 unspecified atom stereocenters. The van der Waals surface area contributed by atoms with Gasteiger partial charge in [0.2, 0.25) is 5.89 Å². The number of nitrogens with zero attached hydrogens (tertiary/aromatic N) is 2. The average molecular weight is 287 g/mol. The van der Waals surface area contributed by atoms with E-state index in [1.807, 2.05) is 18.2 Å². The van der Waals surface area contributed by atoms with E-state index in [0.717, 1.165) is 25.3 Å². The number of aromatic nitrogens is 2. The minimum absolute atomic E-state index is 0.326. The first-order valence-corrected chi connectivity index (χ1v) is 7.50. The van der Waals surface area contributed by atoms with Gasteiger partial charge in [-0.25, -0.2) is 0 Å². The molecule has 2 heterocycles. The number of hydrogen-bond donors (Lipinski definition) is 1. The van der Waals surface area contributed by atoms with Gasteiger partial charge in [-0.1, -0.05) is 35.5 Å². The zero-order valence-electron chi connectivity index (χ0n) is 12.3. The lowest BCUT2D eigenvalue weighted by molar-refractivity contribution is 0.0126. The van der Waals surface area contributed by atoms with Crippen molar-refractivity contribution in [2.45, 2.75) is 44.9 Å². The third-order valence-electron chi connectivity index (χ3n) is 3.74. The Kier molecular flexibility index (Phi) is 4.62. The van der Waals surface area contributed by atoms with E-state index >= 15 is 0 Å². The summed E-state index contributed by atoms with van der Waals surface area (Å²) in [6.45, 7) is 3.56. The Bertz CT molecular complexity index is 556. The molecule has 1 aliphatic rings. The Hall–Kier alpha value is -1.72. The second-order valence-electron chi connectivity index (χ2n) is 5.55. The van der Waals surface area contributed by atoms with Gasteiger partial charge >= 0.3 is 0 Å². The van der Waals surface area contributed by atoms with Gasteiger partial charge in [-0.2, -0.15) is 4.98 Å². The number of ether oxygens (including phenoxy) is 1. The highest BCUT2D eigenvalue weighted by Gasteiger charge is 2.19. The molecule has 2 aromatic rings. The van der Waals surface area contributed by atoms with E-state index in [2.05, 4.69) is 34.5 Å². The molecule has 5 nitrogen and oxygen atoms in total. The van der Waals surface area contributed by atoms with Crippen LogP contribution in [0.3, 0.4) is 0 Å². The quantitative estimate of drug-likeness (QED) is 0.914. The minimum Gasteiger partial charge on any atom is -0.378 e. The van der Waals surface area contributed by atoms with Crippen molar-refractivity contribution >= 4 is 0 Å². The van der Waals surface area contributed by atoms with Crippen LogP contribution in [0.2, 0.25) is 0 Å². The largest absolute Gasteiger partial charge is 0.378 e. The number of hydrogen-bond acceptors (Lipinski definition) is 5. The van der Waals surface area contributed by atoms with Gasteiger partial charge in [0.1, 0.15) is 0 Å². The van der Waals surface area contributed by atoms with Crippen molar-refractivity contribution < 1.29 is 9.26 Å². The van der Waals surface area contributed by atoms with Crippen molar-refractivity contribution in [1.82, 2.24) is 15.5 Å². The van der Waals surface area contributed by atoms with E-state index in [1.54, 1.807) is 0 Å². The molecule has 5 heteroatoms. The van der Waals surface area contributed by atoms with Crippen LogP contribution in [-0.4, -0.2) is 28.9 Å². The van der Waals surface area contributed by atoms with Crippen molar-refractivity contribution in [2.24, 2.45) is 0 Å². The predicted molar refractivity (Wildman–Crippen MR) is 78.8 cm³/mol. The van der Waals surface area contributed by atoms with Gasteiger partial charge in [0.05, 0.1) is 12.6 Å². The van der Waals surface area contributed by atoms with Gasteiger partial charge in [-0.05, 0) is 25.3 Å². The SMILES string of the molecule is CC1CC(NCc2nc(Cc3ccccc3)no2)CCO1. The molecule has 1 aliphatic heterocycles. The monoisotopic (exact) mass is 287 g/mol. The highest BCUT2D eigenvalue weighted by atomic mass is 16.5.